The van der Waals surface area contributed by atoms with Crippen LogP contribution >= 0.6 is 0 Å². The summed E-state index contributed by atoms with van der Waals surface area (Å²) < 4.78 is 33.1. The average Bonchev–Trinajstić information content (AvgIpc) is 2.68. The van der Waals surface area contributed by atoms with Crippen LogP contribution in [0.1, 0.15) is 17.5 Å². The first-order valence-corrected chi connectivity index (χ1v) is 10.3. The lowest BCUT2D eigenvalue weighted by atomic mass is 10.1. The summed E-state index contributed by atoms with van der Waals surface area (Å²) in [5, 5.41) is 2.67. The van der Waals surface area contributed by atoms with Crippen LogP contribution in [-0.2, 0) is 14.8 Å². The van der Waals surface area contributed by atoms with Crippen molar-refractivity contribution < 1.29 is 17.9 Å². The summed E-state index contributed by atoms with van der Waals surface area (Å²) in [6.07, 6.45) is 1.61. The number of hydrogen-bond acceptors (Lipinski definition) is 4. The zero-order valence-electron chi connectivity index (χ0n) is 16.4. The molecule has 7 heteroatoms. The Hall–Kier alpha value is -2.80. The van der Waals surface area contributed by atoms with E-state index >= 15 is 0 Å². The number of amides is 1. The summed E-state index contributed by atoms with van der Waals surface area (Å²) in [6, 6.07) is 11.7. The van der Waals surface area contributed by atoms with Crippen LogP contribution in [0.15, 0.2) is 60.0 Å². The lowest BCUT2D eigenvalue weighted by Crippen LogP contribution is -2.35. The molecule has 150 valence electrons. The zero-order chi connectivity index (χ0) is 20.7. The predicted molar refractivity (Wildman–Crippen MR) is 111 cm³/mol. The largest absolute Gasteiger partial charge is 0.497 e. The van der Waals surface area contributed by atoms with Crippen molar-refractivity contribution in [3.05, 3.63) is 66.2 Å². The number of rotatable bonds is 9. The van der Waals surface area contributed by atoms with E-state index in [1.165, 1.54) is 4.31 Å². The molecule has 0 saturated heterocycles. The van der Waals surface area contributed by atoms with E-state index in [1.54, 1.807) is 55.7 Å². The van der Waals surface area contributed by atoms with Crippen LogP contribution in [0.3, 0.4) is 0 Å². The van der Waals surface area contributed by atoms with E-state index < -0.39 is 10.0 Å². The fourth-order valence-corrected chi connectivity index (χ4v) is 4.17. The van der Waals surface area contributed by atoms with Gasteiger partial charge in [-0.25, -0.2) is 8.42 Å². The number of sulfonamides is 1. The Bertz CT molecular complexity index is 937. The molecule has 2 aromatic carbocycles. The Balaban J connectivity index is 2.38. The fourth-order valence-electron chi connectivity index (χ4n) is 2.62. The van der Waals surface area contributed by atoms with E-state index in [0.717, 1.165) is 11.1 Å². The highest BCUT2D eigenvalue weighted by molar-refractivity contribution is 7.92. The fraction of sp³-hybridized carbons (Fsp3) is 0.286. The Kier molecular flexibility index (Phi) is 7.23. The molecule has 2 aromatic rings. The molecule has 0 saturated carbocycles. The number of aryl methyl sites for hydroxylation is 2. The first kappa shape index (κ1) is 21.5. The SMILES string of the molecule is C=CCNC(=O)CCN(c1ccc(OC)cc1)S(=O)(=O)c1ccc(C)c(C)c1. The minimum Gasteiger partial charge on any atom is -0.497 e. The number of methoxy groups -OCH3 is 1. The molecule has 28 heavy (non-hydrogen) atoms. The molecule has 0 heterocycles. The molecule has 0 aromatic heterocycles. The van der Waals surface area contributed by atoms with Gasteiger partial charge in [0.25, 0.3) is 10.0 Å². The number of benzene rings is 2. The van der Waals surface area contributed by atoms with E-state index in [4.69, 9.17) is 4.74 Å². The maximum atomic E-state index is 13.3. The highest BCUT2D eigenvalue weighted by Gasteiger charge is 2.26. The van der Waals surface area contributed by atoms with E-state index in [9.17, 15) is 13.2 Å². The molecule has 0 aliphatic rings. The number of nitrogens with one attached hydrogen (secondary N) is 1. The van der Waals surface area contributed by atoms with Crippen LogP contribution < -0.4 is 14.4 Å². The van der Waals surface area contributed by atoms with Crippen molar-refractivity contribution in [2.75, 3.05) is 24.5 Å². The smallest absolute Gasteiger partial charge is 0.264 e. The van der Waals surface area contributed by atoms with Crippen molar-refractivity contribution >= 4 is 21.6 Å². The highest BCUT2D eigenvalue weighted by atomic mass is 32.2. The summed E-state index contributed by atoms with van der Waals surface area (Å²) in [5.74, 6) is 0.379. The Morgan fingerprint density at radius 2 is 1.82 bits per heavy atom. The number of carbonyl (C=O) groups is 1. The topological polar surface area (TPSA) is 75.7 Å². The van der Waals surface area contributed by atoms with Gasteiger partial charge in [0.1, 0.15) is 5.75 Å². The standard InChI is InChI=1S/C21H26N2O4S/c1-5-13-22-21(24)12-14-23(18-7-9-19(27-4)10-8-18)28(25,26)20-11-6-16(2)17(3)15-20/h5-11,15H,1,12-14H2,2-4H3,(H,22,24). The molecule has 0 unspecified atom stereocenters. The Morgan fingerprint density at radius 1 is 1.14 bits per heavy atom. The van der Waals surface area contributed by atoms with Crippen molar-refractivity contribution in [1.29, 1.82) is 0 Å². The highest BCUT2D eigenvalue weighted by Crippen LogP contribution is 2.27. The second kappa shape index (κ2) is 9.41. The second-order valence-electron chi connectivity index (χ2n) is 6.36. The van der Waals surface area contributed by atoms with Crippen LogP contribution in [0, 0.1) is 13.8 Å². The summed E-state index contributed by atoms with van der Waals surface area (Å²) >= 11 is 0. The number of anilines is 1. The van der Waals surface area contributed by atoms with Gasteiger partial charge < -0.3 is 10.1 Å². The third kappa shape index (κ3) is 5.13. The number of hydrogen-bond donors (Lipinski definition) is 1. The number of nitrogens with zero attached hydrogens (tertiary/aromatic N) is 1. The third-order valence-corrected chi connectivity index (χ3v) is 6.24. The van der Waals surface area contributed by atoms with Gasteiger partial charge in [-0.3, -0.25) is 9.10 Å². The van der Waals surface area contributed by atoms with Gasteiger partial charge in [0.05, 0.1) is 17.7 Å². The molecular weight excluding hydrogens is 376 g/mol. The van der Waals surface area contributed by atoms with Crippen LogP contribution in [0.2, 0.25) is 0 Å². The van der Waals surface area contributed by atoms with Gasteiger partial charge in [0, 0.05) is 19.5 Å². The van der Waals surface area contributed by atoms with Crippen LogP contribution in [0.25, 0.3) is 0 Å². The minimum atomic E-state index is -3.84. The van der Waals surface area contributed by atoms with Crippen molar-refractivity contribution in [3.63, 3.8) is 0 Å². The average molecular weight is 403 g/mol. The Labute approximate surface area is 166 Å². The molecule has 1 N–H and O–H groups in total. The number of ether oxygens (including phenoxy) is 1. The molecule has 1 amide bonds. The molecule has 0 fully saturated rings. The minimum absolute atomic E-state index is 0.0184. The molecule has 6 nitrogen and oxygen atoms in total. The van der Waals surface area contributed by atoms with E-state index in [1.807, 2.05) is 13.8 Å². The molecule has 0 aliphatic heterocycles. The van der Waals surface area contributed by atoms with Gasteiger partial charge in [0.2, 0.25) is 5.91 Å². The van der Waals surface area contributed by atoms with Gasteiger partial charge in [-0.1, -0.05) is 12.1 Å². The lowest BCUT2D eigenvalue weighted by Gasteiger charge is -2.25. The summed E-state index contributed by atoms with van der Waals surface area (Å²) in [5.41, 5.74) is 2.37. The molecule has 0 bridgehead atoms. The first-order valence-electron chi connectivity index (χ1n) is 8.91. The molecule has 0 atom stereocenters. The maximum Gasteiger partial charge on any atom is 0.264 e. The van der Waals surface area contributed by atoms with E-state index in [2.05, 4.69) is 11.9 Å². The van der Waals surface area contributed by atoms with Gasteiger partial charge >= 0.3 is 0 Å². The second-order valence-corrected chi connectivity index (χ2v) is 8.23. The van der Waals surface area contributed by atoms with Crippen molar-refractivity contribution in [2.45, 2.75) is 25.2 Å². The van der Waals surface area contributed by atoms with Gasteiger partial charge in [-0.05, 0) is 61.4 Å². The Morgan fingerprint density at radius 3 is 2.39 bits per heavy atom. The van der Waals surface area contributed by atoms with Crippen molar-refractivity contribution in [2.24, 2.45) is 0 Å². The first-order chi connectivity index (χ1) is 13.3. The van der Waals surface area contributed by atoms with E-state index in [0.29, 0.717) is 18.0 Å². The van der Waals surface area contributed by atoms with Crippen LogP contribution in [0.5, 0.6) is 5.75 Å². The molecule has 0 spiro atoms. The van der Waals surface area contributed by atoms with Gasteiger partial charge in [0.15, 0.2) is 0 Å². The monoisotopic (exact) mass is 402 g/mol. The van der Waals surface area contributed by atoms with Gasteiger partial charge in [-0.2, -0.15) is 0 Å². The predicted octanol–water partition coefficient (Wildman–Crippen LogP) is 3.20. The van der Waals surface area contributed by atoms with E-state index in [-0.39, 0.29) is 23.8 Å². The molecule has 0 radical (unpaired) electrons. The van der Waals surface area contributed by atoms with Crippen molar-refractivity contribution in [3.8, 4) is 5.75 Å². The van der Waals surface area contributed by atoms with Gasteiger partial charge in [-0.15, -0.1) is 6.58 Å². The zero-order valence-corrected chi connectivity index (χ0v) is 17.3. The lowest BCUT2D eigenvalue weighted by molar-refractivity contribution is -0.120. The quantitative estimate of drug-likeness (QED) is 0.654. The molecule has 0 aliphatic carbocycles. The third-order valence-electron chi connectivity index (χ3n) is 4.41. The normalized spacial score (nSPS) is 11.0. The molecule has 2 rings (SSSR count). The maximum absolute atomic E-state index is 13.3. The van der Waals surface area contributed by atoms with Crippen molar-refractivity contribution in [1.82, 2.24) is 5.32 Å². The van der Waals surface area contributed by atoms with Crippen LogP contribution in [-0.4, -0.2) is 34.5 Å². The summed E-state index contributed by atoms with van der Waals surface area (Å²) in [6.45, 7) is 7.71. The molecular formula is C21H26N2O4S. The summed E-state index contributed by atoms with van der Waals surface area (Å²) in [7, 11) is -2.29. The summed E-state index contributed by atoms with van der Waals surface area (Å²) in [4.78, 5) is 12.2. The number of carbonyl (C=O) groups excluding carboxylic acids is 1. The van der Waals surface area contributed by atoms with Crippen LogP contribution in [0.4, 0.5) is 5.69 Å².